The Balaban J connectivity index is 2.15. The van der Waals surface area contributed by atoms with Gasteiger partial charge in [0.25, 0.3) is 0 Å². The van der Waals surface area contributed by atoms with Gasteiger partial charge in [-0.1, -0.05) is 29.8 Å². The Bertz CT molecular complexity index is 569. The number of ether oxygens (including phenoxy) is 1. The van der Waals surface area contributed by atoms with E-state index in [9.17, 15) is 10.2 Å². The zero-order valence-electron chi connectivity index (χ0n) is 10.5. The summed E-state index contributed by atoms with van der Waals surface area (Å²) >= 11 is 6.03. The van der Waals surface area contributed by atoms with Crippen LogP contribution in [0.4, 0.5) is 0 Å². The van der Waals surface area contributed by atoms with E-state index in [1.807, 2.05) is 6.07 Å². The third-order valence-corrected chi connectivity index (χ3v) is 3.20. The summed E-state index contributed by atoms with van der Waals surface area (Å²) in [5, 5.41) is 20.0. The highest BCUT2D eigenvalue weighted by Gasteiger charge is 2.11. The molecule has 2 aromatic carbocycles. The Hall–Kier alpha value is -1.71. The Morgan fingerprint density at radius 1 is 1.21 bits per heavy atom. The summed E-state index contributed by atoms with van der Waals surface area (Å²) in [6, 6.07) is 12.0. The Morgan fingerprint density at radius 3 is 2.63 bits per heavy atom. The molecule has 0 radical (unpaired) electrons. The highest BCUT2D eigenvalue weighted by molar-refractivity contribution is 6.32. The molecule has 0 aromatic heterocycles. The average molecular weight is 279 g/mol. The molecular weight excluding hydrogens is 264 g/mol. The van der Waals surface area contributed by atoms with Gasteiger partial charge in [0.1, 0.15) is 11.5 Å². The van der Waals surface area contributed by atoms with E-state index in [2.05, 4.69) is 0 Å². The minimum absolute atomic E-state index is 0.192. The smallest absolute Gasteiger partial charge is 0.137 e. The molecule has 0 spiro atoms. The monoisotopic (exact) mass is 278 g/mol. The first-order valence-electron chi connectivity index (χ1n) is 5.89. The molecule has 4 heteroatoms. The number of aromatic hydroxyl groups is 1. The summed E-state index contributed by atoms with van der Waals surface area (Å²) in [6.07, 6.45) is -0.262. The predicted molar refractivity (Wildman–Crippen MR) is 74.8 cm³/mol. The lowest BCUT2D eigenvalue weighted by Crippen LogP contribution is -2.02. The van der Waals surface area contributed by atoms with Crippen LogP contribution in [-0.2, 0) is 6.42 Å². The quantitative estimate of drug-likeness (QED) is 0.902. The van der Waals surface area contributed by atoms with Crippen LogP contribution in [0.1, 0.15) is 17.2 Å². The highest BCUT2D eigenvalue weighted by atomic mass is 35.5. The second kappa shape index (κ2) is 5.95. The van der Waals surface area contributed by atoms with Crippen LogP contribution in [0, 0.1) is 0 Å². The van der Waals surface area contributed by atoms with Crippen LogP contribution in [-0.4, -0.2) is 17.3 Å². The Morgan fingerprint density at radius 2 is 2.00 bits per heavy atom. The molecule has 2 N–H and O–H groups in total. The summed E-state index contributed by atoms with van der Waals surface area (Å²) in [5.74, 6) is 0.771. The van der Waals surface area contributed by atoms with Crippen molar-refractivity contribution in [3.63, 3.8) is 0 Å². The van der Waals surface area contributed by atoms with Crippen molar-refractivity contribution in [3.05, 3.63) is 58.6 Å². The first kappa shape index (κ1) is 13.7. The van der Waals surface area contributed by atoms with Crippen molar-refractivity contribution in [1.29, 1.82) is 0 Å². The molecule has 0 saturated heterocycles. The molecule has 19 heavy (non-hydrogen) atoms. The maximum absolute atomic E-state index is 10.2. The number of methoxy groups -OCH3 is 1. The summed E-state index contributed by atoms with van der Waals surface area (Å²) in [6.45, 7) is 0. The normalized spacial score (nSPS) is 12.2. The van der Waals surface area contributed by atoms with Gasteiger partial charge >= 0.3 is 0 Å². The van der Waals surface area contributed by atoms with Crippen LogP contribution < -0.4 is 4.74 Å². The van der Waals surface area contributed by atoms with E-state index in [1.54, 1.807) is 43.5 Å². The van der Waals surface area contributed by atoms with E-state index >= 15 is 0 Å². The molecule has 0 saturated carbocycles. The largest absolute Gasteiger partial charge is 0.508 e. The van der Waals surface area contributed by atoms with Gasteiger partial charge in [-0.15, -0.1) is 0 Å². The standard InChI is InChI=1S/C15H15ClO3/c1-19-15-6-5-11(9-13(15)16)14(18)8-10-3-2-4-12(17)7-10/h2-7,9,14,17-18H,8H2,1H3. The van der Waals surface area contributed by atoms with Crippen molar-refractivity contribution < 1.29 is 14.9 Å². The number of benzene rings is 2. The first-order chi connectivity index (χ1) is 9.10. The van der Waals surface area contributed by atoms with E-state index in [-0.39, 0.29) is 5.75 Å². The van der Waals surface area contributed by atoms with E-state index in [4.69, 9.17) is 16.3 Å². The van der Waals surface area contributed by atoms with Gasteiger partial charge in [-0.3, -0.25) is 0 Å². The molecule has 0 aliphatic carbocycles. The van der Waals surface area contributed by atoms with Gasteiger partial charge in [0, 0.05) is 6.42 Å². The Kier molecular flexibility index (Phi) is 4.30. The number of hydrogen-bond acceptors (Lipinski definition) is 3. The molecule has 0 bridgehead atoms. The molecule has 3 nitrogen and oxygen atoms in total. The molecule has 2 aromatic rings. The molecule has 0 fully saturated rings. The van der Waals surface area contributed by atoms with E-state index in [0.717, 1.165) is 5.56 Å². The molecule has 0 aliphatic heterocycles. The van der Waals surface area contributed by atoms with Crippen molar-refractivity contribution in [2.75, 3.05) is 7.11 Å². The van der Waals surface area contributed by atoms with Crippen molar-refractivity contribution in [3.8, 4) is 11.5 Å². The van der Waals surface area contributed by atoms with Gasteiger partial charge in [0.05, 0.1) is 18.2 Å². The van der Waals surface area contributed by atoms with Crippen molar-refractivity contribution in [1.82, 2.24) is 0 Å². The summed E-state index contributed by atoms with van der Waals surface area (Å²) in [5.41, 5.74) is 1.58. The second-order valence-electron chi connectivity index (χ2n) is 4.28. The van der Waals surface area contributed by atoms with Gasteiger partial charge in [0.15, 0.2) is 0 Å². The number of aliphatic hydroxyl groups is 1. The topological polar surface area (TPSA) is 49.7 Å². The number of rotatable bonds is 4. The van der Waals surface area contributed by atoms with Crippen LogP contribution in [0.25, 0.3) is 0 Å². The minimum atomic E-state index is -0.676. The van der Waals surface area contributed by atoms with Crippen molar-refractivity contribution in [2.45, 2.75) is 12.5 Å². The van der Waals surface area contributed by atoms with E-state index in [1.165, 1.54) is 0 Å². The highest BCUT2D eigenvalue weighted by Crippen LogP contribution is 2.29. The Labute approximate surface area is 117 Å². The van der Waals surface area contributed by atoms with Crippen LogP contribution >= 0.6 is 11.6 Å². The van der Waals surface area contributed by atoms with E-state index in [0.29, 0.717) is 22.8 Å². The average Bonchev–Trinajstić information content (AvgIpc) is 2.38. The SMILES string of the molecule is COc1ccc(C(O)Cc2cccc(O)c2)cc1Cl. The third kappa shape index (κ3) is 3.40. The molecular formula is C15H15ClO3. The van der Waals surface area contributed by atoms with Crippen LogP contribution in [0.15, 0.2) is 42.5 Å². The number of hydrogen-bond donors (Lipinski definition) is 2. The molecule has 0 heterocycles. The molecule has 0 amide bonds. The fraction of sp³-hybridized carbons (Fsp3) is 0.200. The maximum atomic E-state index is 10.2. The molecule has 100 valence electrons. The fourth-order valence-corrected chi connectivity index (χ4v) is 2.18. The second-order valence-corrected chi connectivity index (χ2v) is 4.69. The lowest BCUT2D eigenvalue weighted by molar-refractivity contribution is 0.178. The first-order valence-corrected chi connectivity index (χ1v) is 6.27. The summed E-state index contributed by atoms with van der Waals surface area (Å²) in [4.78, 5) is 0. The van der Waals surface area contributed by atoms with Crippen LogP contribution in [0.5, 0.6) is 11.5 Å². The van der Waals surface area contributed by atoms with Crippen molar-refractivity contribution >= 4 is 11.6 Å². The van der Waals surface area contributed by atoms with Crippen LogP contribution in [0.2, 0.25) is 5.02 Å². The zero-order valence-corrected chi connectivity index (χ0v) is 11.3. The summed E-state index contributed by atoms with van der Waals surface area (Å²) < 4.78 is 5.07. The fourth-order valence-electron chi connectivity index (χ4n) is 1.91. The molecule has 1 unspecified atom stereocenters. The molecule has 0 aliphatic rings. The van der Waals surface area contributed by atoms with Gasteiger partial charge in [-0.05, 0) is 35.4 Å². The lowest BCUT2D eigenvalue weighted by Gasteiger charge is -2.13. The maximum Gasteiger partial charge on any atom is 0.137 e. The number of phenolic OH excluding ortho intramolecular Hbond substituents is 1. The zero-order chi connectivity index (χ0) is 13.8. The van der Waals surface area contributed by atoms with Gasteiger partial charge in [-0.2, -0.15) is 0 Å². The number of aliphatic hydroxyl groups excluding tert-OH is 1. The van der Waals surface area contributed by atoms with Crippen molar-refractivity contribution in [2.24, 2.45) is 0 Å². The number of halogens is 1. The molecule has 2 rings (SSSR count). The minimum Gasteiger partial charge on any atom is -0.508 e. The van der Waals surface area contributed by atoms with Gasteiger partial charge in [-0.25, -0.2) is 0 Å². The van der Waals surface area contributed by atoms with Gasteiger partial charge in [0.2, 0.25) is 0 Å². The van der Waals surface area contributed by atoms with Crippen LogP contribution in [0.3, 0.4) is 0 Å². The summed E-state index contributed by atoms with van der Waals surface area (Å²) in [7, 11) is 1.55. The molecule has 1 atom stereocenters. The van der Waals surface area contributed by atoms with E-state index < -0.39 is 6.10 Å². The van der Waals surface area contributed by atoms with Gasteiger partial charge < -0.3 is 14.9 Å². The third-order valence-electron chi connectivity index (χ3n) is 2.90. The predicted octanol–water partition coefficient (Wildman–Crippen LogP) is 3.33. The number of phenols is 1. The lowest BCUT2D eigenvalue weighted by atomic mass is 10.0.